The topological polar surface area (TPSA) is 66.5 Å². The van der Waals surface area contributed by atoms with E-state index < -0.39 is 27.1 Å². The quantitative estimate of drug-likeness (QED) is 0.847. The Kier molecular flexibility index (Phi) is 4.50. The molecule has 148 valence electrons. The van der Waals surface area contributed by atoms with E-state index in [1.54, 1.807) is 13.0 Å². The third kappa shape index (κ3) is 3.31. The zero-order chi connectivity index (χ0) is 20.1. The fourth-order valence-corrected chi connectivity index (χ4v) is 5.46. The standard InChI is InChI=1S/C20H20F2N2O3S/c1-13-5-6-16(10-18(13)22)28(26,27)24-8-7-20(12-24)11-17(20)19(25)23-15-4-2-3-14(21)9-15/h2-6,9-10,17H,7-8,11-12H2,1H3,(H,23,25)/t17-,20-/m1/s1. The molecule has 28 heavy (non-hydrogen) atoms. The Hall–Kier alpha value is -2.32. The highest BCUT2D eigenvalue weighted by molar-refractivity contribution is 7.89. The third-order valence-electron chi connectivity index (χ3n) is 5.73. The van der Waals surface area contributed by atoms with Gasteiger partial charge in [0.2, 0.25) is 15.9 Å². The molecule has 1 heterocycles. The third-order valence-corrected chi connectivity index (χ3v) is 7.57. The zero-order valence-electron chi connectivity index (χ0n) is 15.3. The average molecular weight is 406 g/mol. The van der Waals surface area contributed by atoms with Gasteiger partial charge in [-0.05, 0) is 61.1 Å². The Morgan fingerprint density at radius 2 is 2.00 bits per heavy atom. The highest BCUT2D eigenvalue weighted by Gasteiger charge is 2.62. The van der Waals surface area contributed by atoms with Crippen LogP contribution in [0.15, 0.2) is 47.4 Å². The predicted molar refractivity (Wildman–Crippen MR) is 100 cm³/mol. The molecule has 2 aromatic rings. The summed E-state index contributed by atoms with van der Waals surface area (Å²) in [5.74, 6) is -1.54. The summed E-state index contributed by atoms with van der Waals surface area (Å²) in [6.45, 7) is 2.09. The molecular weight excluding hydrogens is 386 g/mol. The highest BCUT2D eigenvalue weighted by Crippen LogP contribution is 2.59. The van der Waals surface area contributed by atoms with Gasteiger partial charge in [-0.15, -0.1) is 0 Å². The van der Waals surface area contributed by atoms with Crippen molar-refractivity contribution < 1.29 is 22.0 Å². The maximum absolute atomic E-state index is 13.8. The van der Waals surface area contributed by atoms with Crippen LogP contribution in [-0.2, 0) is 14.8 Å². The number of sulfonamides is 1. The molecule has 1 aliphatic heterocycles. The molecule has 0 radical (unpaired) electrons. The van der Waals surface area contributed by atoms with Crippen LogP contribution in [-0.4, -0.2) is 31.7 Å². The molecule has 2 fully saturated rings. The van der Waals surface area contributed by atoms with Crippen molar-refractivity contribution in [3.8, 4) is 0 Å². The van der Waals surface area contributed by atoms with E-state index in [9.17, 15) is 22.0 Å². The van der Waals surface area contributed by atoms with E-state index in [0.29, 0.717) is 30.6 Å². The van der Waals surface area contributed by atoms with E-state index in [0.717, 1.165) is 6.07 Å². The van der Waals surface area contributed by atoms with Gasteiger partial charge in [0.15, 0.2) is 0 Å². The monoisotopic (exact) mass is 406 g/mol. The molecule has 2 atom stereocenters. The summed E-state index contributed by atoms with van der Waals surface area (Å²) in [6.07, 6.45) is 1.16. The lowest BCUT2D eigenvalue weighted by atomic mass is 10.0. The highest BCUT2D eigenvalue weighted by atomic mass is 32.2. The molecule has 1 saturated carbocycles. The maximum Gasteiger partial charge on any atom is 0.243 e. The predicted octanol–water partition coefficient (Wildman–Crippen LogP) is 3.31. The zero-order valence-corrected chi connectivity index (χ0v) is 16.1. The van der Waals surface area contributed by atoms with Gasteiger partial charge in [-0.25, -0.2) is 17.2 Å². The van der Waals surface area contributed by atoms with Gasteiger partial charge in [-0.3, -0.25) is 4.79 Å². The van der Waals surface area contributed by atoms with Crippen molar-refractivity contribution in [1.82, 2.24) is 4.31 Å². The van der Waals surface area contributed by atoms with Crippen molar-refractivity contribution in [2.45, 2.75) is 24.7 Å². The molecule has 4 rings (SSSR count). The Bertz CT molecular complexity index is 1060. The van der Waals surface area contributed by atoms with Crippen molar-refractivity contribution in [2.24, 2.45) is 11.3 Å². The van der Waals surface area contributed by atoms with Crippen LogP contribution >= 0.6 is 0 Å². The number of nitrogens with one attached hydrogen (secondary N) is 1. The summed E-state index contributed by atoms with van der Waals surface area (Å²) in [5.41, 5.74) is 0.367. The molecule has 5 nitrogen and oxygen atoms in total. The lowest BCUT2D eigenvalue weighted by molar-refractivity contribution is -0.118. The van der Waals surface area contributed by atoms with Gasteiger partial charge in [0.25, 0.3) is 0 Å². The number of carbonyl (C=O) groups excluding carboxylic acids is 1. The van der Waals surface area contributed by atoms with Gasteiger partial charge in [0.1, 0.15) is 11.6 Å². The Morgan fingerprint density at radius 3 is 2.71 bits per heavy atom. The molecule has 0 bridgehead atoms. The number of carbonyl (C=O) groups is 1. The number of hydrogen-bond acceptors (Lipinski definition) is 3. The molecule has 8 heteroatoms. The minimum absolute atomic E-state index is 0.0749. The number of hydrogen-bond donors (Lipinski definition) is 1. The Morgan fingerprint density at radius 1 is 1.21 bits per heavy atom. The molecule has 0 unspecified atom stereocenters. The van der Waals surface area contributed by atoms with Gasteiger partial charge >= 0.3 is 0 Å². The lowest BCUT2D eigenvalue weighted by Crippen LogP contribution is -2.30. The van der Waals surface area contributed by atoms with Crippen molar-refractivity contribution >= 4 is 21.6 Å². The minimum atomic E-state index is -3.81. The molecule has 0 aromatic heterocycles. The van der Waals surface area contributed by atoms with Gasteiger partial charge in [-0.2, -0.15) is 4.31 Å². The number of benzene rings is 2. The summed E-state index contributed by atoms with van der Waals surface area (Å²) >= 11 is 0. The number of rotatable bonds is 4. The fourth-order valence-electron chi connectivity index (χ4n) is 3.91. The van der Waals surface area contributed by atoms with E-state index in [-0.39, 0.29) is 23.3 Å². The van der Waals surface area contributed by atoms with Crippen molar-refractivity contribution in [3.05, 3.63) is 59.7 Å². The van der Waals surface area contributed by atoms with Crippen LogP contribution in [0.4, 0.5) is 14.5 Å². The number of halogens is 2. The van der Waals surface area contributed by atoms with Crippen molar-refractivity contribution in [2.75, 3.05) is 18.4 Å². The molecular formula is C20H20F2N2O3S. The molecule has 1 amide bonds. The molecule has 1 aliphatic carbocycles. The lowest BCUT2D eigenvalue weighted by Gasteiger charge is -2.17. The first-order chi connectivity index (χ1) is 13.2. The summed E-state index contributed by atoms with van der Waals surface area (Å²) < 4.78 is 54.1. The van der Waals surface area contributed by atoms with Gasteiger partial charge in [0, 0.05) is 24.7 Å². The van der Waals surface area contributed by atoms with Crippen LogP contribution in [0.3, 0.4) is 0 Å². The first kappa shape index (κ1) is 19.0. The van der Waals surface area contributed by atoms with Crippen LogP contribution < -0.4 is 5.32 Å². The summed E-state index contributed by atoms with van der Waals surface area (Å²) in [4.78, 5) is 12.4. The molecule has 2 aromatic carbocycles. The number of anilines is 1. The molecule has 1 N–H and O–H groups in total. The largest absolute Gasteiger partial charge is 0.326 e. The van der Waals surface area contributed by atoms with Crippen LogP contribution in [0.25, 0.3) is 0 Å². The van der Waals surface area contributed by atoms with Gasteiger partial charge in [-0.1, -0.05) is 12.1 Å². The second-order valence-corrected chi connectivity index (χ2v) is 9.56. The van der Waals surface area contributed by atoms with E-state index in [1.165, 1.54) is 34.6 Å². The summed E-state index contributed by atoms with van der Waals surface area (Å²) in [7, 11) is -3.81. The van der Waals surface area contributed by atoms with E-state index in [4.69, 9.17) is 0 Å². The maximum atomic E-state index is 13.8. The van der Waals surface area contributed by atoms with Gasteiger partial charge < -0.3 is 5.32 Å². The SMILES string of the molecule is Cc1ccc(S(=O)(=O)N2CC[C@@]3(C[C@@H]3C(=O)Nc3cccc(F)c3)C2)cc1F. The van der Waals surface area contributed by atoms with Crippen LogP contribution in [0, 0.1) is 29.9 Å². The fraction of sp³-hybridized carbons (Fsp3) is 0.350. The first-order valence-electron chi connectivity index (χ1n) is 9.04. The number of nitrogens with zero attached hydrogens (tertiary/aromatic N) is 1. The van der Waals surface area contributed by atoms with Crippen molar-refractivity contribution in [1.29, 1.82) is 0 Å². The Labute approximate surface area is 162 Å². The smallest absolute Gasteiger partial charge is 0.243 e. The second kappa shape index (κ2) is 6.63. The summed E-state index contributed by atoms with van der Waals surface area (Å²) in [5, 5.41) is 2.70. The summed E-state index contributed by atoms with van der Waals surface area (Å²) in [6, 6.07) is 9.54. The van der Waals surface area contributed by atoms with Crippen LogP contribution in [0.2, 0.25) is 0 Å². The minimum Gasteiger partial charge on any atom is -0.326 e. The van der Waals surface area contributed by atoms with Crippen molar-refractivity contribution in [3.63, 3.8) is 0 Å². The normalized spacial score (nSPS) is 24.5. The van der Waals surface area contributed by atoms with Crippen LogP contribution in [0.1, 0.15) is 18.4 Å². The van der Waals surface area contributed by atoms with E-state index >= 15 is 0 Å². The molecule has 2 aliphatic rings. The molecule has 1 saturated heterocycles. The molecule has 1 spiro atoms. The number of aryl methyl sites for hydroxylation is 1. The van der Waals surface area contributed by atoms with E-state index in [1.807, 2.05) is 0 Å². The van der Waals surface area contributed by atoms with E-state index in [2.05, 4.69) is 5.32 Å². The first-order valence-corrected chi connectivity index (χ1v) is 10.5. The number of amides is 1. The van der Waals surface area contributed by atoms with Gasteiger partial charge in [0.05, 0.1) is 4.90 Å². The average Bonchev–Trinajstić information content (AvgIpc) is 3.16. The van der Waals surface area contributed by atoms with Crippen LogP contribution in [0.5, 0.6) is 0 Å². The second-order valence-electron chi connectivity index (χ2n) is 7.62. The Balaban J connectivity index is 1.45.